The summed E-state index contributed by atoms with van der Waals surface area (Å²) in [5, 5.41) is 1.88. The third-order valence-corrected chi connectivity index (χ3v) is 7.89. The van der Waals surface area contributed by atoms with Gasteiger partial charge in [0.1, 0.15) is 5.82 Å². The Kier molecular flexibility index (Phi) is 7.22. The van der Waals surface area contributed by atoms with E-state index in [0.29, 0.717) is 17.9 Å². The van der Waals surface area contributed by atoms with Gasteiger partial charge in [-0.1, -0.05) is 36.7 Å². The monoisotopic (exact) mass is 512 g/mol. The molecule has 3 aromatic rings. The molecule has 2 aliphatic rings. The number of ether oxygens (including phenoxy) is 1. The van der Waals surface area contributed by atoms with E-state index in [0.717, 1.165) is 68.2 Å². The van der Waals surface area contributed by atoms with Crippen LogP contribution in [0.25, 0.3) is 10.1 Å². The largest absolute Gasteiger partial charge is 0.444 e. The van der Waals surface area contributed by atoms with Crippen LogP contribution in [0.5, 0.6) is 0 Å². The summed E-state index contributed by atoms with van der Waals surface area (Å²) < 4.78 is 11.2. The molecule has 5 rings (SSSR count). The lowest BCUT2D eigenvalue weighted by Gasteiger charge is -2.35. The number of esters is 1. The third-order valence-electron chi connectivity index (χ3n) is 6.72. The van der Waals surface area contributed by atoms with Gasteiger partial charge in [-0.15, -0.1) is 0 Å². The molecule has 35 heavy (non-hydrogen) atoms. The quantitative estimate of drug-likeness (QED) is 0.414. The van der Waals surface area contributed by atoms with Gasteiger partial charge in [0.2, 0.25) is 5.91 Å². The van der Waals surface area contributed by atoms with Gasteiger partial charge in [-0.25, -0.2) is 0 Å². The fraction of sp³-hybridized carbons (Fsp3) is 0.423. The lowest BCUT2D eigenvalue weighted by Crippen LogP contribution is -2.47. The molecule has 1 aromatic heterocycles. The Morgan fingerprint density at radius 2 is 1.97 bits per heavy atom. The number of hydrogen-bond acceptors (Lipinski definition) is 7. The number of anilines is 2. The Labute approximate surface area is 214 Å². The lowest BCUT2D eigenvalue weighted by molar-refractivity contribution is -0.144. The first-order chi connectivity index (χ1) is 17.0. The van der Waals surface area contributed by atoms with Crippen LogP contribution in [0.1, 0.15) is 30.9 Å². The van der Waals surface area contributed by atoms with Crippen LogP contribution in [0.4, 0.5) is 11.5 Å². The normalized spacial score (nSPS) is 16.2. The highest BCUT2D eigenvalue weighted by Gasteiger charge is 2.29. The molecule has 0 spiro atoms. The van der Waals surface area contributed by atoms with E-state index >= 15 is 0 Å². The second kappa shape index (κ2) is 10.5. The van der Waals surface area contributed by atoms with Gasteiger partial charge in [0.15, 0.2) is 6.73 Å². The highest BCUT2D eigenvalue weighted by Crippen LogP contribution is 2.34. The maximum Gasteiger partial charge on any atom is 0.307 e. The molecule has 1 saturated heterocycles. The molecule has 184 valence electrons. The minimum atomic E-state index is -0.292. The number of piperazine rings is 1. The first-order valence-electron chi connectivity index (χ1n) is 12.1. The molecular weight excluding hydrogens is 484 g/mol. The smallest absolute Gasteiger partial charge is 0.307 e. The number of aromatic nitrogens is 1. The van der Waals surface area contributed by atoms with E-state index in [1.54, 1.807) is 11.5 Å². The predicted molar refractivity (Wildman–Crippen MR) is 140 cm³/mol. The van der Waals surface area contributed by atoms with Crippen molar-refractivity contribution >= 4 is 56.6 Å². The Morgan fingerprint density at radius 1 is 1.17 bits per heavy atom. The average Bonchev–Trinajstić information content (AvgIpc) is 3.42. The first kappa shape index (κ1) is 24.0. The molecule has 0 unspecified atom stereocenters. The summed E-state index contributed by atoms with van der Waals surface area (Å²) in [4.78, 5) is 30.6. The fourth-order valence-corrected chi connectivity index (χ4v) is 5.80. The molecule has 2 aliphatic heterocycles. The summed E-state index contributed by atoms with van der Waals surface area (Å²) in [5.74, 6) is 0.740. The average molecular weight is 513 g/mol. The summed E-state index contributed by atoms with van der Waals surface area (Å²) in [7, 11) is 0. The van der Waals surface area contributed by atoms with Gasteiger partial charge < -0.3 is 9.64 Å². The molecule has 0 saturated carbocycles. The van der Waals surface area contributed by atoms with E-state index in [4.69, 9.17) is 20.7 Å². The molecule has 0 atom stereocenters. The molecule has 1 amide bonds. The summed E-state index contributed by atoms with van der Waals surface area (Å²) in [6.45, 7) is 6.63. The van der Waals surface area contributed by atoms with E-state index in [1.807, 2.05) is 19.1 Å². The molecular formula is C26H29ClN4O3S. The number of rotatable bonds is 8. The predicted octanol–water partition coefficient (Wildman–Crippen LogP) is 4.50. The van der Waals surface area contributed by atoms with Gasteiger partial charge in [-0.05, 0) is 53.7 Å². The van der Waals surface area contributed by atoms with Crippen LogP contribution in [0, 0.1) is 0 Å². The molecule has 0 aliphatic carbocycles. The van der Waals surface area contributed by atoms with Crippen molar-refractivity contribution in [3.8, 4) is 0 Å². The second-order valence-corrected chi connectivity index (χ2v) is 10.3. The number of benzene rings is 2. The van der Waals surface area contributed by atoms with Crippen molar-refractivity contribution in [1.29, 1.82) is 0 Å². The standard InChI is InChI=1S/C26H29ClN4O3S/c1-2-5-25(33)34-17-31-22-16-21(27)18(14-19(22)15-24(31)32)8-9-29-10-12-30(13-11-29)26-20-6-3-4-7-23(20)35-28-26/h3-4,6-7,14,16H,2,5,8-13,15,17H2,1H3. The van der Waals surface area contributed by atoms with Crippen molar-refractivity contribution in [2.45, 2.75) is 32.6 Å². The number of hydrogen-bond donors (Lipinski definition) is 0. The molecule has 1 fully saturated rings. The molecule has 0 radical (unpaired) electrons. The van der Waals surface area contributed by atoms with Crippen molar-refractivity contribution < 1.29 is 14.3 Å². The maximum absolute atomic E-state index is 12.5. The van der Waals surface area contributed by atoms with Gasteiger partial charge in [0.05, 0.1) is 16.8 Å². The number of halogens is 1. The van der Waals surface area contributed by atoms with Gasteiger partial charge >= 0.3 is 5.97 Å². The Balaban J connectivity index is 1.17. The zero-order valence-electron chi connectivity index (χ0n) is 19.8. The number of nitrogens with zero attached hydrogens (tertiary/aromatic N) is 4. The Morgan fingerprint density at radius 3 is 2.77 bits per heavy atom. The van der Waals surface area contributed by atoms with Gasteiger partial charge in [-0.3, -0.25) is 19.4 Å². The first-order valence-corrected chi connectivity index (χ1v) is 13.3. The minimum Gasteiger partial charge on any atom is -0.444 e. The second-order valence-electron chi connectivity index (χ2n) is 9.05. The van der Waals surface area contributed by atoms with Crippen LogP contribution < -0.4 is 9.80 Å². The van der Waals surface area contributed by atoms with E-state index in [-0.39, 0.29) is 18.6 Å². The van der Waals surface area contributed by atoms with Crippen LogP contribution in [0.2, 0.25) is 5.02 Å². The molecule has 2 aromatic carbocycles. The zero-order valence-corrected chi connectivity index (χ0v) is 21.4. The molecule has 9 heteroatoms. The molecule has 3 heterocycles. The SMILES string of the molecule is CCCC(=O)OCN1C(=O)Cc2cc(CCN3CCN(c4nsc5ccccc45)CC3)c(Cl)cc21. The Hall–Kier alpha value is -2.68. The van der Waals surface area contributed by atoms with Crippen molar-refractivity contribution in [1.82, 2.24) is 9.27 Å². The lowest BCUT2D eigenvalue weighted by atomic mass is 10.1. The summed E-state index contributed by atoms with van der Waals surface area (Å²) in [6, 6.07) is 12.3. The van der Waals surface area contributed by atoms with E-state index in [2.05, 4.69) is 34.1 Å². The summed E-state index contributed by atoms with van der Waals surface area (Å²) >= 11 is 8.18. The van der Waals surface area contributed by atoms with Crippen LogP contribution >= 0.6 is 23.1 Å². The maximum atomic E-state index is 12.5. The topological polar surface area (TPSA) is 66.0 Å². The number of carbonyl (C=O) groups excluding carboxylic acids is 2. The van der Waals surface area contributed by atoms with Crippen LogP contribution in [0.15, 0.2) is 36.4 Å². The minimum absolute atomic E-state index is 0.0567. The summed E-state index contributed by atoms with van der Waals surface area (Å²) in [5.41, 5.74) is 2.74. The van der Waals surface area contributed by atoms with Gasteiger partial charge in [0.25, 0.3) is 0 Å². The molecule has 7 nitrogen and oxygen atoms in total. The highest BCUT2D eigenvalue weighted by molar-refractivity contribution is 7.13. The van der Waals surface area contributed by atoms with E-state index in [1.165, 1.54) is 15.0 Å². The zero-order chi connectivity index (χ0) is 24.4. The fourth-order valence-electron chi connectivity index (χ4n) is 4.75. The third kappa shape index (κ3) is 5.15. The van der Waals surface area contributed by atoms with Crippen LogP contribution in [-0.4, -0.2) is 60.6 Å². The van der Waals surface area contributed by atoms with Crippen molar-refractivity contribution in [2.24, 2.45) is 0 Å². The Bertz CT molecular complexity index is 1240. The highest BCUT2D eigenvalue weighted by atomic mass is 35.5. The summed E-state index contributed by atoms with van der Waals surface area (Å²) in [6.07, 6.45) is 2.20. The van der Waals surface area contributed by atoms with Gasteiger partial charge in [-0.2, -0.15) is 4.37 Å². The van der Waals surface area contributed by atoms with E-state index < -0.39 is 0 Å². The van der Waals surface area contributed by atoms with E-state index in [9.17, 15) is 9.59 Å². The number of fused-ring (bicyclic) bond motifs is 2. The molecule has 0 N–H and O–H groups in total. The van der Waals surface area contributed by atoms with Crippen molar-refractivity contribution in [2.75, 3.05) is 49.3 Å². The van der Waals surface area contributed by atoms with Crippen LogP contribution in [-0.2, 0) is 27.2 Å². The van der Waals surface area contributed by atoms with Crippen molar-refractivity contribution in [3.05, 3.63) is 52.5 Å². The van der Waals surface area contributed by atoms with Gasteiger partial charge in [0, 0.05) is 49.6 Å². The van der Waals surface area contributed by atoms with Crippen LogP contribution in [0.3, 0.4) is 0 Å². The van der Waals surface area contributed by atoms with Crippen molar-refractivity contribution in [3.63, 3.8) is 0 Å². The number of amides is 1. The molecule has 0 bridgehead atoms. The number of carbonyl (C=O) groups is 2.